The number of amides is 2. The maximum atomic E-state index is 11.8. The number of benzene rings is 3. The number of fused-ring (bicyclic) bond motifs is 1. The van der Waals surface area contributed by atoms with Crippen molar-refractivity contribution in [3.8, 4) is 0 Å². The van der Waals surface area contributed by atoms with E-state index in [1.54, 1.807) is 0 Å². The van der Waals surface area contributed by atoms with Crippen molar-refractivity contribution in [3.63, 3.8) is 0 Å². The van der Waals surface area contributed by atoms with Crippen molar-refractivity contribution in [1.29, 1.82) is 0 Å². The molecular formula is C27H32N2O3. The molecule has 0 aliphatic heterocycles. The lowest BCUT2D eigenvalue weighted by Gasteiger charge is -2.09. The average molecular weight is 433 g/mol. The molecule has 0 bridgehead atoms. The van der Waals surface area contributed by atoms with Crippen LogP contribution in [0.5, 0.6) is 0 Å². The van der Waals surface area contributed by atoms with Crippen LogP contribution in [0.2, 0.25) is 0 Å². The molecule has 0 aliphatic carbocycles. The van der Waals surface area contributed by atoms with Crippen molar-refractivity contribution < 1.29 is 14.3 Å². The fourth-order valence-electron chi connectivity index (χ4n) is 3.60. The Morgan fingerprint density at radius 1 is 0.875 bits per heavy atom. The van der Waals surface area contributed by atoms with Crippen molar-refractivity contribution in [2.24, 2.45) is 11.7 Å². The predicted molar refractivity (Wildman–Crippen MR) is 128 cm³/mol. The first-order valence-electron chi connectivity index (χ1n) is 11.3. The first-order valence-corrected chi connectivity index (χ1v) is 11.3. The number of nitrogens with two attached hydrogens (primary N) is 1. The summed E-state index contributed by atoms with van der Waals surface area (Å²) >= 11 is 0. The number of carbonyl (C=O) groups is 2. The van der Waals surface area contributed by atoms with Gasteiger partial charge in [-0.05, 0) is 59.6 Å². The number of nitrogens with one attached hydrogen (secondary N) is 1. The summed E-state index contributed by atoms with van der Waals surface area (Å²) in [5.74, 6) is -0.344. The molecular weight excluding hydrogens is 400 g/mol. The Morgan fingerprint density at radius 3 is 2.19 bits per heavy atom. The van der Waals surface area contributed by atoms with Crippen LogP contribution < -0.4 is 11.1 Å². The topological polar surface area (TPSA) is 81.4 Å². The standard InChI is InChI=1S/C27H32N2O3/c1-20(26(28)30)10-11-22-13-15-24-17-21(12-14-25(24)18-22)7-5-6-16-29-27(31)32-19-23-8-3-2-4-9-23/h2-4,8-9,12-15,17-18,20H,5-7,10-11,16,19H2,1H3,(H2,28,30)(H,29,31)/t20-/m0/s1. The maximum absolute atomic E-state index is 11.8. The molecule has 0 saturated carbocycles. The summed E-state index contributed by atoms with van der Waals surface area (Å²) < 4.78 is 5.22. The molecule has 0 unspecified atom stereocenters. The average Bonchev–Trinajstić information content (AvgIpc) is 2.81. The predicted octanol–water partition coefficient (Wildman–Crippen LogP) is 5.14. The molecule has 0 radical (unpaired) electrons. The minimum Gasteiger partial charge on any atom is -0.445 e. The number of hydrogen-bond donors (Lipinski definition) is 2. The van der Waals surface area contributed by atoms with Gasteiger partial charge in [0.2, 0.25) is 5.91 Å². The van der Waals surface area contributed by atoms with Gasteiger partial charge in [-0.25, -0.2) is 4.79 Å². The quantitative estimate of drug-likeness (QED) is 0.412. The Kier molecular flexibility index (Phi) is 8.67. The van der Waals surface area contributed by atoms with Crippen LogP contribution in [0.15, 0.2) is 66.7 Å². The number of aryl methyl sites for hydroxylation is 2. The second-order valence-electron chi connectivity index (χ2n) is 8.30. The number of primary amides is 1. The molecule has 32 heavy (non-hydrogen) atoms. The second-order valence-corrected chi connectivity index (χ2v) is 8.30. The van der Waals surface area contributed by atoms with Gasteiger partial charge >= 0.3 is 6.09 Å². The molecule has 5 nitrogen and oxygen atoms in total. The summed E-state index contributed by atoms with van der Waals surface area (Å²) in [5.41, 5.74) is 8.85. The largest absolute Gasteiger partial charge is 0.445 e. The van der Waals surface area contributed by atoms with Crippen LogP contribution in [0.1, 0.15) is 42.9 Å². The van der Waals surface area contributed by atoms with Crippen LogP contribution in [0.4, 0.5) is 4.79 Å². The minimum absolute atomic E-state index is 0.103. The van der Waals surface area contributed by atoms with Crippen LogP contribution in [-0.2, 0) is 29.0 Å². The zero-order valence-electron chi connectivity index (χ0n) is 18.7. The minimum atomic E-state index is -0.374. The Labute approximate surface area is 190 Å². The zero-order valence-corrected chi connectivity index (χ0v) is 18.7. The van der Waals surface area contributed by atoms with Crippen LogP contribution in [0.25, 0.3) is 10.8 Å². The summed E-state index contributed by atoms with van der Waals surface area (Å²) in [7, 11) is 0. The fraction of sp³-hybridized carbons (Fsp3) is 0.333. The van der Waals surface area contributed by atoms with E-state index < -0.39 is 0 Å². The summed E-state index contributed by atoms with van der Waals surface area (Å²) in [4.78, 5) is 23.0. The molecule has 0 fully saturated rings. The molecule has 5 heteroatoms. The van der Waals surface area contributed by atoms with Gasteiger partial charge in [0.25, 0.3) is 0 Å². The van der Waals surface area contributed by atoms with Crippen LogP contribution in [0, 0.1) is 5.92 Å². The fourth-order valence-corrected chi connectivity index (χ4v) is 3.60. The third-order valence-corrected chi connectivity index (χ3v) is 5.70. The highest BCUT2D eigenvalue weighted by molar-refractivity contribution is 5.84. The van der Waals surface area contributed by atoms with Gasteiger partial charge in [-0.15, -0.1) is 0 Å². The summed E-state index contributed by atoms with van der Waals surface area (Å²) in [6.07, 6.45) is 4.10. The summed E-state index contributed by atoms with van der Waals surface area (Å²) in [6, 6.07) is 22.7. The van der Waals surface area contributed by atoms with Gasteiger partial charge in [-0.1, -0.05) is 73.7 Å². The third-order valence-electron chi connectivity index (χ3n) is 5.70. The van der Waals surface area contributed by atoms with E-state index in [4.69, 9.17) is 10.5 Å². The summed E-state index contributed by atoms with van der Waals surface area (Å²) in [6.45, 7) is 2.77. The lowest BCUT2D eigenvalue weighted by molar-refractivity contribution is -0.121. The molecule has 3 aromatic carbocycles. The number of hydrogen-bond acceptors (Lipinski definition) is 3. The monoisotopic (exact) mass is 432 g/mol. The number of rotatable bonds is 11. The van der Waals surface area contributed by atoms with Crippen molar-refractivity contribution >= 4 is 22.8 Å². The molecule has 0 aliphatic rings. The molecule has 0 spiro atoms. The highest BCUT2D eigenvalue weighted by Crippen LogP contribution is 2.21. The van der Waals surface area contributed by atoms with Gasteiger partial charge in [-0.2, -0.15) is 0 Å². The highest BCUT2D eigenvalue weighted by atomic mass is 16.5. The molecule has 0 saturated heterocycles. The van der Waals surface area contributed by atoms with Gasteiger partial charge < -0.3 is 15.8 Å². The van der Waals surface area contributed by atoms with Crippen molar-refractivity contribution in [3.05, 3.63) is 83.4 Å². The number of alkyl carbamates (subject to hydrolysis) is 1. The molecule has 0 heterocycles. The van der Waals surface area contributed by atoms with E-state index in [1.807, 2.05) is 37.3 Å². The molecule has 3 aromatic rings. The van der Waals surface area contributed by atoms with Crippen LogP contribution in [0.3, 0.4) is 0 Å². The Hall–Kier alpha value is -3.34. The molecule has 3 rings (SSSR count). The first kappa shape index (κ1) is 23.3. The van der Waals surface area contributed by atoms with Gasteiger partial charge in [0.15, 0.2) is 0 Å². The van der Waals surface area contributed by atoms with Crippen LogP contribution >= 0.6 is 0 Å². The van der Waals surface area contributed by atoms with Gasteiger partial charge in [0, 0.05) is 12.5 Å². The van der Waals surface area contributed by atoms with Gasteiger partial charge in [0.05, 0.1) is 0 Å². The lowest BCUT2D eigenvalue weighted by atomic mass is 9.97. The second kappa shape index (κ2) is 11.9. The number of carbonyl (C=O) groups excluding carboxylic acids is 2. The SMILES string of the molecule is C[C@@H](CCc1ccc2cc(CCCCNC(=O)OCc3ccccc3)ccc2c1)C(N)=O. The molecule has 1 atom stereocenters. The highest BCUT2D eigenvalue weighted by Gasteiger charge is 2.09. The molecule has 2 amide bonds. The van der Waals surface area contributed by atoms with Gasteiger partial charge in [0.1, 0.15) is 6.61 Å². The van der Waals surface area contributed by atoms with Crippen molar-refractivity contribution in [1.82, 2.24) is 5.32 Å². The Bertz CT molecular complexity index is 1030. The Balaban J connectivity index is 1.38. The summed E-state index contributed by atoms with van der Waals surface area (Å²) in [5, 5.41) is 5.24. The van der Waals surface area contributed by atoms with Gasteiger partial charge in [-0.3, -0.25) is 4.79 Å². The van der Waals surface area contributed by atoms with E-state index in [0.717, 1.165) is 37.7 Å². The molecule has 3 N–H and O–H groups in total. The van der Waals surface area contributed by atoms with E-state index in [2.05, 4.69) is 41.7 Å². The van der Waals surface area contributed by atoms with Crippen LogP contribution in [-0.4, -0.2) is 18.5 Å². The van der Waals surface area contributed by atoms with E-state index in [1.165, 1.54) is 21.9 Å². The van der Waals surface area contributed by atoms with E-state index in [0.29, 0.717) is 6.54 Å². The Morgan fingerprint density at radius 2 is 1.53 bits per heavy atom. The molecule has 0 aromatic heterocycles. The number of ether oxygens (including phenoxy) is 1. The maximum Gasteiger partial charge on any atom is 0.407 e. The number of unbranched alkanes of at least 4 members (excludes halogenated alkanes) is 1. The van der Waals surface area contributed by atoms with E-state index >= 15 is 0 Å². The lowest BCUT2D eigenvalue weighted by Crippen LogP contribution is -2.25. The van der Waals surface area contributed by atoms with Crippen molar-refractivity contribution in [2.75, 3.05) is 6.54 Å². The normalized spacial score (nSPS) is 11.8. The smallest absolute Gasteiger partial charge is 0.407 e. The molecule has 168 valence electrons. The first-order chi connectivity index (χ1) is 15.5. The third kappa shape index (κ3) is 7.41. The van der Waals surface area contributed by atoms with E-state index in [-0.39, 0.29) is 24.5 Å². The zero-order chi connectivity index (χ0) is 22.8. The van der Waals surface area contributed by atoms with E-state index in [9.17, 15) is 9.59 Å². The van der Waals surface area contributed by atoms with Crippen molar-refractivity contribution in [2.45, 2.75) is 45.6 Å².